The third-order valence-corrected chi connectivity index (χ3v) is 4.44. The van der Waals surface area contributed by atoms with Crippen molar-refractivity contribution in [2.24, 2.45) is 0 Å². The molecular weight excluding hydrogens is 350 g/mol. The maximum Gasteiger partial charge on any atom is 0.193 e. The van der Waals surface area contributed by atoms with Gasteiger partial charge in [-0.15, -0.1) is 0 Å². The van der Waals surface area contributed by atoms with E-state index in [1.165, 1.54) is 26.6 Å². The van der Waals surface area contributed by atoms with Gasteiger partial charge < -0.3 is 23.7 Å². The fourth-order valence-electron chi connectivity index (χ4n) is 3.01. The first-order chi connectivity index (χ1) is 13.1. The van der Waals surface area contributed by atoms with Gasteiger partial charge in [-0.1, -0.05) is 0 Å². The van der Waals surface area contributed by atoms with Gasteiger partial charge in [-0.25, -0.2) is 0 Å². The van der Waals surface area contributed by atoms with Crippen LogP contribution in [-0.2, 0) is 11.3 Å². The molecule has 0 amide bonds. The molecule has 1 aromatic heterocycles. The van der Waals surface area contributed by atoms with Crippen molar-refractivity contribution in [1.82, 2.24) is 4.90 Å². The standard InChI is InChI=1S/C20H23NO6/c1-24-17-12-18(25-2)19(16(22)6-5-14-4-3-9-27-14)20(23)15(17)13-21-7-10-26-11-8-21/h3-6,9,12,23H,7-8,10-11,13H2,1-2H3/b6-5+. The normalized spacial score (nSPS) is 15.2. The first kappa shape index (κ1) is 19.0. The second kappa shape index (κ2) is 8.75. The van der Waals surface area contributed by atoms with Crippen molar-refractivity contribution in [2.45, 2.75) is 6.54 Å². The van der Waals surface area contributed by atoms with Gasteiger partial charge in [0.2, 0.25) is 0 Å². The number of ketones is 1. The van der Waals surface area contributed by atoms with Crippen LogP contribution in [0.2, 0.25) is 0 Å². The quantitative estimate of drug-likeness (QED) is 0.590. The van der Waals surface area contributed by atoms with Gasteiger partial charge in [-0.05, 0) is 24.3 Å². The lowest BCUT2D eigenvalue weighted by Gasteiger charge is -2.28. The second-order valence-corrected chi connectivity index (χ2v) is 6.08. The Morgan fingerprint density at radius 1 is 1.26 bits per heavy atom. The number of methoxy groups -OCH3 is 2. The zero-order valence-electron chi connectivity index (χ0n) is 15.4. The molecule has 1 saturated heterocycles. The molecule has 7 heteroatoms. The fraction of sp³-hybridized carbons (Fsp3) is 0.350. The van der Waals surface area contributed by atoms with E-state index in [0.29, 0.717) is 36.8 Å². The van der Waals surface area contributed by atoms with E-state index in [1.807, 2.05) is 0 Å². The molecule has 1 aromatic carbocycles. The number of carbonyl (C=O) groups excluding carboxylic acids is 1. The minimum Gasteiger partial charge on any atom is -0.507 e. The number of morpholine rings is 1. The Hall–Kier alpha value is -2.77. The molecule has 7 nitrogen and oxygen atoms in total. The average molecular weight is 373 g/mol. The smallest absolute Gasteiger partial charge is 0.193 e. The molecule has 1 N–H and O–H groups in total. The van der Waals surface area contributed by atoms with Crippen molar-refractivity contribution in [1.29, 1.82) is 0 Å². The molecule has 0 radical (unpaired) electrons. The summed E-state index contributed by atoms with van der Waals surface area (Å²) in [6, 6.07) is 5.10. The summed E-state index contributed by atoms with van der Waals surface area (Å²) in [6.45, 7) is 3.21. The molecule has 27 heavy (non-hydrogen) atoms. The Labute approximate surface area is 157 Å². The first-order valence-corrected chi connectivity index (χ1v) is 8.67. The van der Waals surface area contributed by atoms with Crippen LogP contribution in [0, 0.1) is 0 Å². The van der Waals surface area contributed by atoms with Crippen molar-refractivity contribution >= 4 is 11.9 Å². The molecule has 0 saturated carbocycles. The molecule has 2 aromatic rings. The summed E-state index contributed by atoms with van der Waals surface area (Å²) < 4.78 is 21.3. The fourth-order valence-corrected chi connectivity index (χ4v) is 3.01. The molecule has 1 aliphatic heterocycles. The Balaban J connectivity index is 1.95. The highest BCUT2D eigenvalue weighted by Gasteiger charge is 2.25. The highest BCUT2D eigenvalue weighted by Crippen LogP contribution is 2.39. The number of aromatic hydroxyl groups is 1. The van der Waals surface area contributed by atoms with Crippen LogP contribution in [0.4, 0.5) is 0 Å². The van der Waals surface area contributed by atoms with Gasteiger partial charge in [-0.2, -0.15) is 0 Å². The molecular formula is C20H23NO6. The predicted octanol–water partition coefficient (Wildman–Crippen LogP) is 2.73. The molecule has 2 heterocycles. The average Bonchev–Trinajstić information content (AvgIpc) is 3.21. The van der Waals surface area contributed by atoms with Gasteiger partial charge in [0.25, 0.3) is 0 Å². The third kappa shape index (κ3) is 4.32. The minimum absolute atomic E-state index is 0.101. The SMILES string of the molecule is COc1cc(OC)c(C(=O)/C=C/c2ccco2)c(O)c1CN1CCOCC1. The number of ether oxygens (including phenoxy) is 3. The van der Waals surface area contributed by atoms with E-state index in [9.17, 15) is 9.90 Å². The Morgan fingerprint density at radius 3 is 2.63 bits per heavy atom. The van der Waals surface area contributed by atoms with Crippen molar-refractivity contribution in [3.63, 3.8) is 0 Å². The zero-order valence-corrected chi connectivity index (χ0v) is 15.4. The molecule has 1 fully saturated rings. The van der Waals surface area contributed by atoms with Crippen LogP contribution in [0.5, 0.6) is 17.2 Å². The number of carbonyl (C=O) groups is 1. The topological polar surface area (TPSA) is 81.4 Å². The summed E-state index contributed by atoms with van der Waals surface area (Å²) in [6.07, 6.45) is 4.42. The number of phenols is 1. The number of rotatable bonds is 7. The number of benzene rings is 1. The molecule has 144 valence electrons. The summed E-state index contributed by atoms with van der Waals surface area (Å²) in [4.78, 5) is 14.9. The lowest BCUT2D eigenvalue weighted by atomic mass is 10.0. The molecule has 0 bridgehead atoms. The van der Waals surface area contributed by atoms with E-state index < -0.39 is 0 Å². The number of furan rings is 1. The summed E-state index contributed by atoms with van der Waals surface area (Å²) >= 11 is 0. The molecule has 3 rings (SSSR count). The van der Waals surface area contributed by atoms with Crippen molar-refractivity contribution in [2.75, 3.05) is 40.5 Å². The van der Waals surface area contributed by atoms with Crippen LogP contribution in [0.1, 0.15) is 21.7 Å². The van der Waals surface area contributed by atoms with Crippen LogP contribution in [-0.4, -0.2) is 56.3 Å². The Morgan fingerprint density at radius 2 is 2.00 bits per heavy atom. The number of phenolic OH excluding ortho intramolecular Hbond substituents is 1. The van der Waals surface area contributed by atoms with Crippen LogP contribution >= 0.6 is 0 Å². The van der Waals surface area contributed by atoms with E-state index >= 15 is 0 Å². The van der Waals surface area contributed by atoms with Gasteiger partial charge in [0.1, 0.15) is 28.6 Å². The number of allylic oxidation sites excluding steroid dienone is 1. The summed E-state index contributed by atoms with van der Waals surface area (Å²) in [5.74, 6) is 0.758. The summed E-state index contributed by atoms with van der Waals surface area (Å²) in [5.41, 5.74) is 0.652. The van der Waals surface area contributed by atoms with Crippen LogP contribution in [0.25, 0.3) is 6.08 Å². The van der Waals surface area contributed by atoms with Crippen LogP contribution in [0.15, 0.2) is 35.0 Å². The van der Waals surface area contributed by atoms with Gasteiger partial charge in [0, 0.05) is 25.7 Å². The van der Waals surface area contributed by atoms with Crippen LogP contribution < -0.4 is 9.47 Å². The first-order valence-electron chi connectivity index (χ1n) is 8.67. The van der Waals surface area contributed by atoms with Crippen molar-refractivity contribution in [3.05, 3.63) is 47.4 Å². The predicted molar refractivity (Wildman–Crippen MR) is 99.4 cm³/mol. The Bertz CT molecular complexity index is 806. The van der Waals surface area contributed by atoms with Gasteiger partial charge in [0.05, 0.1) is 39.3 Å². The van der Waals surface area contributed by atoms with Crippen molar-refractivity contribution in [3.8, 4) is 17.2 Å². The van der Waals surface area contributed by atoms with E-state index in [2.05, 4.69) is 4.90 Å². The maximum absolute atomic E-state index is 12.7. The molecule has 0 aliphatic carbocycles. The Kier molecular flexibility index (Phi) is 6.16. The number of hydrogen-bond donors (Lipinski definition) is 1. The summed E-state index contributed by atoms with van der Waals surface area (Å²) in [5, 5.41) is 10.9. The minimum atomic E-state index is -0.383. The lowest BCUT2D eigenvalue weighted by molar-refractivity contribution is 0.0335. The van der Waals surface area contributed by atoms with E-state index in [4.69, 9.17) is 18.6 Å². The highest BCUT2D eigenvalue weighted by atomic mass is 16.5. The monoisotopic (exact) mass is 373 g/mol. The largest absolute Gasteiger partial charge is 0.507 e. The van der Waals surface area contributed by atoms with E-state index in [1.54, 1.807) is 24.3 Å². The number of hydrogen-bond acceptors (Lipinski definition) is 7. The molecule has 0 spiro atoms. The van der Waals surface area contributed by atoms with Gasteiger partial charge >= 0.3 is 0 Å². The second-order valence-electron chi connectivity index (χ2n) is 6.08. The van der Waals surface area contributed by atoms with Crippen molar-refractivity contribution < 1.29 is 28.5 Å². The highest BCUT2D eigenvalue weighted by molar-refractivity contribution is 6.10. The van der Waals surface area contributed by atoms with E-state index in [-0.39, 0.29) is 22.8 Å². The molecule has 0 unspecified atom stereocenters. The van der Waals surface area contributed by atoms with Gasteiger partial charge in [-0.3, -0.25) is 9.69 Å². The molecule has 1 aliphatic rings. The number of nitrogens with zero attached hydrogens (tertiary/aromatic N) is 1. The third-order valence-electron chi connectivity index (χ3n) is 4.44. The van der Waals surface area contributed by atoms with E-state index in [0.717, 1.165) is 13.1 Å². The van der Waals surface area contributed by atoms with Gasteiger partial charge in [0.15, 0.2) is 5.78 Å². The van der Waals surface area contributed by atoms with Crippen LogP contribution in [0.3, 0.4) is 0 Å². The zero-order chi connectivity index (χ0) is 19.2. The summed E-state index contributed by atoms with van der Waals surface area (Å²) in [7, 11) is 2.97. The maximum atomic E-state index is 12.7. The molecule has 0 atom stereocenters. The lowest BCUT2D eigenvalue weighted by Crippen LogP contribution is -2.35.